The van der Waals surface area contributed by atoms with Crippen molar-refractivity contribution in [3.8, 4) is 10.6 Å². The molecule has 32 heavy (non-hydrogen) atoms. The maximum absolute atomic E-state index is 13.0. The van der Waals surface area contributed by atoms with E-state index in [2.05, 4.69) is 22.4 Å². The molecule has 0 saturated carbocycles. The monoisotopic (exact) mass is 449 g/mol. The summed E-state index contributed by atoms with van der Waals surface area (Å²) in [4.78, 5) is 29.6. The standard InChI is InChI=1S/C24H27N5O2S/c1-4-16-7-9-18(10-8-16)23(31)29-15-5-6-20(29)21(30)25-24-27-26-22(32-24)17-11-13-19(14-12-17)28(2)3/h7-14,20H,4-6,15H2,1-3H3,(H,25,27,30). The van der Waals surface area contributed by atoms with Crippen LogP contribution in [0, 0.1) is 0 Å². The third kappa shape index (κ3) is 4.65. The number of nitrogens with zero attached hydrogens (tertiary/aromatic N) is 4. The van der Waals surface area contributed by atoms with Gasteiger partial charge in [-0.15, -0.1) is 10.2 Å². The second-order valence-electron chi connectivity index (χ2n) is 8.05. The average molecular weight is 450 g/mol. The largest absolute Gasteiger partial charge is 0.378 e. The Bertz CT molecular complexity index is 1090. The van der Waals surface area contributed by atoms with Crippen LogP contribution in [0.2, 0.25) is 0 Å². The number of likely N-dealkylation sites (tertiary alicyclic amines) is 1. The van der Waals surface area contributed by atoms with Crippen LogP contribution >= 0.6 is 11.3 Å². The first-order valence-electron chi connectivity index (χ1n) is 10.8. The Balaban J connectivity index is 1.43. The first-order chi connectivity index (χ1) is 15.5. The minimum atomic E-state index is -0.500. The highest BCUT2D eigenvalue weighted by atomic mass is 32.1. The van der Waals surface area contributed by atoms with Gasteiger partial charge in [-0.05, 0) is 61.2 Å². The van der Waals surface area contributed by atoms with Crippen LogP contribution in [0.25, 0.3) is 10.6 Å². The van der Waals surface area contributed by atoms with Gasteiger partial charge in [0.15, 0.2) is 0 Å². The van der Waals surface area contributed by atoms with Crippen molar-refractivity contribution in [2.75, 3.05) is 30.9 Å². The van der Waals surface area contributed by atoms with E-state index in [0.29, 0.717) is 23.7 Å². The van der Waals surface area contributed by atoms with Gasteiger partial charge in [0.25, 0.3) is 5.91 Å². The second-order valence-corrected chi connectivity index (χ2v) is 9.03. The molecule has 1 aromatic heterocycles. The van der Waals surface area contributed by atoms with Gasteiger partial charge >= 0.3 is 0 Å². The number of rotatable bonds is 6. The maximum Gasteiger partial charge on any atom is 0.254 e. The molecule has 1 aliphatic heterocycles. The number of benzene rings is 2. The van der Waals surface area contributed by atoms with E-state index in [1.54, 1.807) is 4.90 Å². The third-order valence-corrected chi connectivity index (χ3v) is 6.60. The third-order valence-electron chi connectivity index (χ3n) is 5.71. The normalized spacial score (nSPS) is 15.6. The van der Waals surface area contributed by atoms with E-state index in [4.69, 9.17) is 0 Å². The number of carbonyl (C=O) groups excluding carboxylic acids is 2. The maximum atomic E-state index is 13.0. The summed E-state index contributed by atoms with van der Waals surface area (Å²) in [6.07, 6.45) is 2.37. The van der Waals surface area contributed by atoms with E-state index in [1.807, 2.05) is 67.5 Å². The molecule has 2 heterocycles. The predicted molar refractivity (Wildman–Crippen MR) is 128 cm³/mol. The van der Waals surface area contributed by atoms with Crippen molar-refractivity contribution in [3.05, 3.63) is 59.7 Å². The van der Waals surface area contributed by atoms with E-state index in [0.717, 1.165) is 29.1 Å². The van der Waals surface area contributed by atoms with Crippen LogP contribution in [0.4, 0.5) is 10.8 Å². The van der Waals surface area contributed by atoms with Crippen LogP contribution in [0.3, 0.4) is 0 Å². The molecule has 0 bridgehead atoms. The van der Waals surface area contributed by atoms with Crippen molar-refractivity contribution in [2.45, 2.75) is 32.2 Å². The molecule has 2 aromatic carbocycles. The fraction of sp³-hybridized carbons (Fsp3) is 0.333. The Kier molecular flexibility index (Phi) is 6.50. The first-order valence-corrected chi connectivity index (χ1v) is 11.6. The number of carbonyl (C=O) groups is 2. The number of nitrogens with one attached hydrogen (secondary N) is 1. The van der Waals surface area contributed by atoms with Crippen LogP contribution in [0.1, 0.15) is 35.7 Å². The minimum absolute atomic E-state index is 0.107. The number of hydrogen-bond acceptors (Lipinski definition) is 6. The fourth-order valence-corrected chi connectivity index (χ4v) is 4.56. The summed E-state index contributed by atoms with van der Waals surface area (Å²) in [5, 5.41) is 12.4. The fourth-order valence-electron chi connectivity index (χ4n) is 3.81. The number of aromatic nitrogens is 2. The van der Waals surface area contributed by atoms with E-state index in [1.165, 1.54) is 16.9 Å². The molecule has 166 valence electrons. The van der Waals surface area contributed by atoms with Crippen LogP contribution in [0.5, 0.6) is 0 Å². The molecule has 1 unspecified atom stereocenters. The van der Waals surface area contributed by atoms with Crippen molar-refractivity contribution in [2.24, 2.45) is 0 Å². The Hall–Kier alpha value is -3.26. The van der Waals surface area contributed by atoms with Crippen LogP contribution in [-0.2, 0) is 11.2 Å². The molecule has 0 spiro atoms. The van der Waals surface area contributed by atoms with Crippen molar-refractivity contribution < 1.29 is 9.59 Å². The van der Waals surface area contributed by atoms with E-state index >= 15 is 0 Å². The molecular formula is C24H27N5O2S. The Morgan fingerprint density at radius 2 is 1.81 bits per heavy atom. The van der Waals surface area contributed by atoms with Crippen molar-refractivity contribution in [1.82, 2.24) is 15.1 Å². The SMILES string of the molecule is CCc1ccc(C(=O)N2CCCC2C(=O)Nc2nnc(-c3ccc(N(C)C)cc3)s2)cc1. The molecule has 0 radical (unpaired) electrons. The lowest BCUT2D eigenvalue weighted by molar-refractivity contribution is -0.119. The quantitative estimate of drug-likeness (QED) is 0.614. The summed E-state index contributed by atoms with van der Waals surface area (Å²) in [5.74, 6) is -0.323. The number of hydrogen-bond donors (Lipinski definition) is 1. The van der Waals surface area contributed by atoms with Crippen molar-refractivity contribution in [3.63, 3.8) is 0 Å². The van der Waals surface area contributed by atoms with Gasteiger partial charge in [-0.2, -0.15) is 0 Å². The molecule has 1 N–H and O–H groups in total. The zero-order valence-corrected chi connectivity index (χ0v) is 19.4. The van der Waals surface area contributed by atoms with Gasteiger partial charge in [-0.3, -0.25) is 14.9 Å². The molecule has 2 amide bonds. The summed E-state index contributed by atoms with van der Waals surface area (Å²) in [6.45, 7) is 2.65. The number of amides is 2. The van der Waals surface area contributed by atoms with Gasteiger partial charge in [-0.25, -0.2) is 0 Å². The lowest BCUT2D eigenvalue weighted by atomic mass is 10.1. The van der Waals surface area contributed by atoms with Crippen LogP contribution < -0.4 is 10.2 Å². The highest BCUT2D eigenvalue weighted by Crippen LogP contribution is 2.29. The smallest absolute Gasteiger partial charge is 0.254 e. The summed E-state index contributed by atoms with van der Waals surface area (Å²) >= 11 is 1.33. The zero-order chi connectivity index (χ0) is 22.7. The van der Waals surface area contributed by atoms with E-state index in [9.17, 15) is 9.59 Å². The Labute approximate surface area is 192 Å². The molecule has 8 heteroatoms. The van der Waals surface area contributed by atoms with E-state index in [-0.39, 0.29) is 11.8 Å². The predicted octanol–water partition coefficient (Wildman–Crippen LogP) is 4.08. The van der Waals surface area contributed by atoms with Crippen molar-refractivity contribution in [1.29, 1.82) is 0 Å². The van der Waals surface area contributed by atoms with Gasteiger partial charge in [0.1, 0.15) is 11.0 Å². The molecule has 1 atom stereocenters. The molecule has 1 fully saturated rings. The lowest BCUT2D eigenvalue weighted by Crippen LogP contribution is -2.43. The number of anilines is 2. The minimum Gasteiger partial charge on any atom is -0.378 e. The summed E-state index contributed by atoms with van der Waals surface area (Å²) in [5.41, 5.74) is 3.84. The highest BCUT2D eigenvalue weighted by molar-refractivity contribution is 7.18. The first kappa shape index (κ1) is 22.0. The lowest BCUT2D eigenvalue weighted by Gasteiger charge is -2.23. The van der Waals surface area contributed by atoms with Gasteiger partial charge < -0.3 is 9.80 Å². The second kappa shape index (κ2) is 9.48. The molecule has 0 aliphatic carbocycles. The van der Waals surface area contributed by atoms with Crippen molar-refractivity contribution >= 4 is 34.0 Å². The molecule has 3 aromatic rings. The summed E-state index contributed by atoms with van der Waals surface area (Å²) in [6, 6.07) is 15.1. The average Bonchev–Trinajstić information content (AvgIpc) is 3.49. The van der Waals surface area contributed by atoms with E-state index < -0.39 is 6.04 Å². The van der Waals surface area contributed by atoms with Crippen LogP contribution in [-0.4, -0.2) is 53.6 Å². The Morgan fingerprint density at radius 1 is 1.09 bits per heavy atom. The zero-order valence-electron chi connectivity index (χ0n) is 18.5. The topological polar surface area (TPSA) is 78.4 Å². The Morgan fingerprint density at radius 3 is 2.47 bits per heavy atom. The molecule has 7 nitrogen and oxygen atoms in total. The van der Waals surface area contributed by atoms with Crippen LogP contribution in [0.15, 0.2) is 48.5 Å². The molecule has 4 rings (SSSR count). The van der Waals surface area contributed by atoms with Gasteiger partial charge in [0, 0.05) is 37.5 Å². The van der Waals surface area contributed by atoms with Gasteiger partial charge in [0.05, 0.1) is 0 Å². The summed E-state index contributed by atoms with van der Waals surface area (Å²) < 4.78 is 0. The van der Waals surface area contributed by atoms with Gasteiger partial charge in [-0.1, -0.05) is 30.4 Å². The van der Waals surface area contributed by atoms with Gasteiger partial charge in [0.2, 0.25) is 11.0 Å². The summed E-state index contributed by atoms with van der Waals surface area (Å²) in [7, 11) is 3.98. The molecular weight excluding hydrogens is 422 g/mol. The number of aryl methyl sites for hydroxylation is 1. The molecule has 1 aliphatic rings. The highest BCUT2D eigenvalue weighted by Gasteiger charge is 2.35. The molecule has 1 saturated heterocycles.